The number of rotatable bonds is 0. The van der Waals surface area contributed by atoms with E-state index in [1.165, 1.54) is 19.4 Å². The molecule has 1 fully saturated rings. The molecular formula is C12H14N2. The van der Waals surface area contributed by atoms with Crippen LogP contribution in [0.4, 0.5) is 0 Å². The van der Waals surface area contributed by atoms with Gasteiger partial charge in [0.1, 0.15) is 0 Å². The molecule has 1 saturated heterocycles. The molecule has 14 heavy (non-hydrogen) atoms. The number of hydrogen-bond acceptors (Lipinski definition) is 2. The molecule has 0 amide bonds. The van der Waals surface area contributed by atoms with Crippen LogP contribution in [0.15, 0.2) is 24.5 Å². The highest BCUT2D eigenvalue weighted by Gasteiger charge is 2.17. The van der Waals surface area contributed by atoms with Crippen molar-refractivity contribution < 1.29 is 0 Å². The van der Waals surface area contributed by atoms with E-state index in [0.29, 0.717) is 6.04 Å². The van der Waals surface area contributed by atoms with Crippen molar-refractivity contribution in [2.75, 3.05) is 13.6 Å². The van der Waals surface area contributed by atoms with Crippen molar-refractivity contribution in [2.24, 2.45) is 0 Å². The summed E-state index contributed by atoms with van der Waals surface area (Å²) >= 11 is 0. The van der Waals surface area contributed by atoms with Gasteiger partial charge in [0, 0.05) is 18.0 Å². The predicted molar refractivity (Wildman–Crippen MR) is 56.8 cm³/mol. The third kappa shape index (κ3) is 2.12. The van der Waals surface area contributed by atoms with E-state index in [9.17, 15) is 0 Å². The van der Waals surface area contributed by atoms with Gasteiger partial charge in [0.25, 0.3) is 0 Å². The molecule has 0 saturated carbocycles. The minimum Gasteiger partial charge on any atom is -0.293 e. The van der Waals surface area contributed by atoms with Crippen LogP contribution >= 0.6 is 0 Å². The Morgan fingerprint density at radius 3 is 3.14 bits per heavy atom. The summed E-state index contributed by atoms with van der Waals surface area (Å²) in [4.78, 5) is 6.34. The highest BCUT2D eigenvalue weighted by Crippen LogP contribution is 2.13. The Hall–Kier alpha value is -1.33. The highest BCUT2D eigenvalue weighted by atomic mass is 15.1. The van der Waals surface area contributed by atoms with Gasteiger partial charge in [0.15, 0.2) is 0 Å². The summed E-state index contributed by atoms with van der Waals surface area (Å²) in [7, 11) is 2.13. The van der Waals surface area contributed by atoms with Gasteiger partial charge in [-0.1, -0.05) is 11.8 Å². The zero-order valence-corrected chi connectivity index (χ0v) is 8.40. The standard InChI is InChI=1S/C12H14N2/c1-14-9-3-5-12(14)7-6-11-4-2-8-13-10-11/h2,4,8,10,12H,3,5,9H2,1H3/t12-/m0/s1. The fourth-order valence-corrected chi connectivity index (χ4v) is 1.70. The fraction of sp³-hybridized carbons (Fsp3) is 0.417. The molecule has 0 unspecified atom stereocenters. The molecule has 2 nitrogen and oxygen atoms in total. The molecule has 0 aromatic carbocycles. The summed E-state index contributed by atoms with van der Waals surface area (Å²) in [6.45, 7) is 1.17. The van der Waals surface area contributed by atoms with Crippen LogP contribution in [-0.2, 0) is 0 Å². The molecule has 0 aliphatic carbocycles. The van der Waals surface area contributed by atoms with E-state index in [-0.39, 0.29) is 0 Å². The van der Waals surface area contributed by atoms with Gasteiger partial charge in [-0.3, -0.25) is 9.88 Å². The monoisotopic (exact) mass is 186 g/mol. The Balaban J connectivity index is 2.07. The van der Waals surface area contributed by atoms with Crippen LogP contribution in [0.5, 0.6) is 0 Å². The lowest BCUT2D eigenvalue weighted by atomic mass is 10.2. The highest BCUT2D eigenvalue weighted by molar-refractivity contribution is 5.32. The van der Waals surface area contributed by atoms with Crippen molar-refractivity contribution in [3.8, 4) is 11.8 Å². The largest absolute Gasteiger partial charge is 0.293 e. The minimum atomic E-state index is 0.440. The van der Waals surface area contributed by atoms with E-state index in [1.54, 1.807) is 6.20 Å². The Bertz CT molecular complexity index is 348. The van der Waals surface area contributed by atoms with Gasteiger partial charge in [-0.25, -0.2) is 0 Å². The van der Waals surface area contributed by atoms with Crippen LogP contribution in [0.1, 0.15) is 18.4 Å². The lowest BCUT2D eigenvalue weighted by Crippen LogP contribution is -2.22. The fourth-order valence-electron chi connectivity index (χ4n) is 1.70. The topological polar surface area (TPSA) is 16.1 Å². The van der Waals surface area contributed by atoms with Gasteiger partial charge in [-0.15, -0.1) is 0 Å². The van der Waals surface area contributed by atoms with Crippen molar-refractivity contribution in [1.82, 2.24) is 9.88 Å². The zero-order valence-electron chi connectivity index (χ0n) is 8.40. The first kappa shape index (κ1) is 9.23. The van der Waals surface area contributed by atoms with Gasteiger partial charge < -0.3 is 0 Å². The van der Waals surface area contributed by atoms with E-state index in [2.05, 4.69) is 28.8 Å². The number of likely N-dealkylation sites (tertiary alicyclic amines) is 1. The SMILES string of the molecule is CN1CCC[C@H]1C#Cc1cccnc1. The van der Waals surface area contributed by atoms with Crippen molar-refractivity contribution in [1.29, 1.82) is 0 Å². The number of nitrogens with zero attached hydrogens (tertiary/aromatic N) is 2. The zero-order chi connectivity index (χ0) is 9.80. The number of pyridine rings is 1. The molecule has 72 valence electrons. The predicted octanol–water partition coefficient (Wildman–Crippen LogP) is 1.53. The van der Waals surface area contributed by atoms with Crippen LogP contribution in [-0.4, -0.2) is 29.5 Å². The van der Waals surface area contributed by atoms with E-state index in [0.717, 1.165) is 5.56 Å². The van der Waals surface area contributed by atoms with E-state index in [4.69, 9.17) is 0 Å². The first-order chi connectivity index (χ1) is 6.86. The second kappa shape index (κ2) is 4.26. The lowest BCUT2D eigenvalue weighted by Gasteiger charge is -2.11. The van der Waals surface area contributed by atoms with Gasteiger partial charge in [-0.05, 0) is 38.6 Å². The molecule has 2 rings (SSSR count). The van der Waals surface area contributed by atoms with E-state index < -0.39 is 0 Å². The van der Waals surface area contributed by atoms with Gasteiger partial charge >= 0.3 is 0 Å². The van der Waals surface area contributed by atoms with E-state index >= 15 is 0 Å². The molecule has 0 spiro atoms. The molecule has 0 radical (unpaired) electrons. The molecular weight excluding hydrogens is 172 g/mol. The average molecular weight is 186 g/mol. The third-order valence-electron chi connectivity index (χ3n) is 2.57. The minimum absolute atomic E-state index is 0.440. The number of aromatic nitrogens is 1. The van der Waals surface area contributed by atoms with Crippen LogP contribution in [0.25, 0.3) is 0 Å². The Morgan fingerprint density at radius 2 is 2.50 bits per heavy atom. The molecule has 0 bridgehead atoms. The summed E-state index contributed by atoms with van der Waals surface area (Å²) in [6, 6.07) is 4.35. The van der Waals surface area contributed by atoms with Crippen molar-refractivity contribution >= 4 is 0 Å². The second-order valence-electron chi connectivity index (χ2n) is 3.65. The van der Waals surface area contributed by atoms with Crippen LogP contribution in [0.2, 0.25) is 0 Å². The first-order valence-corrected chi connectivity index (χ1v) is 4.98. The molecule has 1 aliphatic heterocycles. The summed E-state index contributed by atoms with van der Waals surface area (Å²) in [5, 5.41) is 0. The Kier molecular flexibility index (Phi) is 2.81. The molecule has 1 aromatic heterocycles. The Morgan fingerprint density at radius 1 is 1.57 bits per heavy atom. The summed E-state index contributed by atoms with van der Waals surface area (Å²) in [5.41, 5.74) is 1.01. The lowest BCUT2D eigenvalue weighted by molar-refractivity contribution is 0.365. The molecule has 2 heterocycles. The normalized spacial score (nSPS) is 21.6. The van der Waals surface area contributed by atoms with Crippen LogP contribution in [0.3, 0.4) is 0 Å². The summed E-state index contributed by atoms with van der Waals surface area (Å²) in [5.74, 6) is 6.45. The van der Waals surface area contributed by atoms with Crippen LogP contribution in [0, 0.1) is 11.8 Å². The second-order valence-corrected chi connectivity index (χ2v) is 3.65. The molecule has 2 heteroatoms. The van der Waals surface area contributed by atoms with Crippen molar-refractivity contribution in [3.63, 3.8) is 0 Å². The Labute approximate surface area is 85.0 Å². The van der Waals surface area contributed by atoms with E-state index in [1.807, 2.05) is 18.3 Å². The smallest absolute Gasteiger partial charge is 0.0716 e. The van der Waals surface area contributed by atoms with Gasteiger partial charge in [-0.2, -0.15) is 0 Å². The van der Waals surface area contributed by atoms with Gasteiger partial charge in [0.05, 0.1) is 6.04 Å². The summed E-state index contributed by atoms with van der Waals surface area (Å²) in [6.07, 6.45) is 6.04. The maximum absolute atomic E-state index is 4.03. The molecule has 0 N–H and O–H groups in total. The average Bonchev–Trinajstić information content (AvgIpc) is 2.63. The quantitative estimate of drug-likeness (QED) is 0.571. The first-order valence-electron chi connectivity index (χ1n) is 4.98. The summed E-state index contributed by atoms with van der Waals surface area (Å²) < 4.78 is 0. The van der Waals surface area contributed by atoms with Crippen molar-refractivity contribution in [3.05, 3.63) is 30.1 Å². The maximum atomic E-state index is 4.03. The van der Waals surface area contributed by atoms with Crippen molar-refractivity contribution in [2.45, 2.75) is 18.9 Å². The number of hydrogen-bond donors (Lipinski definition) is 0. The molecule has 1 aromatic rings. The molecule has 1 atom stereocenters. The van der Waals surface area contributed by atoms with Gasteiger partial charge in [0.2, 0.25) is 0 Å². The third-order valence-corrected chi connectivity index (χ3v) is 2.57. The maximum Gasteiger partial charge on any atom is 0.0716 e. The van der Waals surface area contributed by atoms with Crippen LogP contribution < -0.4 is 0 Å². The molecule has 1 aliphatic rings.